The summed E-state index contributed by atoms with van der Waals surface area (Å²) in [6.07, 6.45) is -1.64. The summed E-state index contributed by atoms with van der Waals surface area (Å²) in [6.45, 7) is -0.423. The standard InChI is InChI=1S/C15H14F3N3O3/c16-15(17,18)12-6-5-9(13(19)22)14(23)21(12)7-10-8-3-1-2-4-11(8)24-20-10/h5-6H,1-4,7H2,(H2,19,22). The van der Waals surface area contributed by atoms with Gasteiger partial charge in [0.15, 0.2) is 0 Å². The topological polar surface area (TPSA) is 91.1 Å². The lowest BCUT2D eigenvalue weighted by molar-refractivity contribution is -0.144. The van der Waals surface area contributed by atoms with E-state index in [2.05, 4.69) is 5.16 Å². The minimum atomic E-state index is -4.75. The van der Waals surface area contributed by atoms with E-state index in [1.165, 1.54) is 0 Å². The predicted octanol–water partition coefficient (Wildman–Crippen LogP) is 1.88. The molecule has 0 spiro atoms. The minimum absolute atomic E-state index is 0.277. The summed E-state index contributed by atoms with van der Waals surface area (Å²) in [4.78, 5) is 23.5. The summed E-state index contributed by atoms with van der Waals surface area (Å²) in [5.41, 5.74) is 3.32. The van der Waals surface area contributed by atoms with Crippen LogP contribution in [0.3, 0.4) is 0 Å². The van der Waals surface area contributed by atoms with Crippen molar-refractivity contribution in [3.8, 4) is 0 Å². The number of hydrogen-bond acceptors (Lipinski definition) is 4. The van der Waals surface area contributed by atoms with E-state index in [1.54, 1.807) is 0 Å². The highest BCUT2D eigenvalue weighted by atomic mass is 19.4. The quantitative estimate of drug-likeness (QED) is 0.923. The molecule has 2 aromatic heterocycles. The number of nitrogens with two attached hydrogens (primary N) is 1. The molecule has 2 N–H and O–H groups in total. The zero-order valence-corrected chi connectivity index (χ0v) is 12.5. The van der Waals surface area contributed by atoms with Crippen LogP contribution in [0.15, 0.2) is 21.5 Å². The summed E-state index contributed by atoms with van der Waals surface area (Å²) in [5, 5.41) is 3.81. The van der Waals surface area contributed by atoms with Crippen LogP contribution in [-0.4, -0.2) is 15.6 Å². The molecule has 24 heavy (non-hydrogen) atoms. The number of carbonyl (C=O) groups is 1. The Bertz CT molecular complexity index is 852. The van der Waals surface area contributed by atoms with Crippen LogP contribution in [0.2, 0.25) is 0 Å². The summed E-state index contributed by atoms with van der Waals surface area (Å²) in [5.74, 6) is -0.437. The number of nitrogens with zero attached hydrogens (tertiary/aromatic N) is 2. The first-order chi connectivity index (χ1) is 11.3. The zero-order chi connectivity index (χ0) is 17.5. The highest BCUT2D eigenvalue weighted by Crippen LogP contribution is 2.30. The maximum absolute atomic E-state index is 13.2. The summed E-state index contributed by atoms with van der Waals surface area (Å²) in [7, 11) is 0. The Morgan fingerprint density at radius 2 is 2.00 bits per heavy atom. The molecular weight excluding hydrogens is 327 g/mol. The average molecular weight is 341 g/mol. The van der Waals surface area contributed by atoms with E-state index in [0.29, 0.717) is 29.2 Å². The number of halogens is 3. The molecule has 0 bridgehead atoms. The number of fused-ring (bicyclic) bond motifs is 1. The molecule has 128 valence electrons. The van der Waals surface area contributed by atoms with E-state index in [-0.39, 0.29) is 5.69 Å². The lowest BCUT2D eigenvalue weighted by Crippen LogP contribution is -2.34. The Morgan fingerprint density at radius 3 is 2.67 bits per heavy atom. The SMILES string of the molecule is NC(=O)c1ccc(C(F)(F)F)n(Cc2noc3c2CCCC3)c1=O. The largest absolute Gasteiger partial charge is 0.431 e. The third-order valence-electron chi connectivity index (χ3n) is 4.07. The maximum atomic E-state index is 13.2. The van der Waals surface area contributed by atoms with Gasteiger partial charge in [-0.2, -0.15) is 13.2 Å². The Kier molecular flexibility index (Phi) is 3.94. The van der Waals surface area contributed by atoms with Crippen LogP contribution in [0, 0.1) is 0 Å². The second-order valence-electron chi connectivity index (χ2n) is 5.62. The van der Waals surface area contributed by atoms with Crippen molar-refractivity contribution < 1.29 is 22.5 Å². The maximum Gasteiger partial charge on any atom is 0.431 e. The number of aromatic nitrogens is 2. The molecule has 3 rings (SSSR count). The van der Waals surface area contributed by atoms with Gasteiger partial charge in [-0.25, -0.2) is 0 Å². The molecule has 2 heterocycles. The third-order valence-corrected chi connectivity index (χ3v) is 4.07. The first kappa shape index (κ1) is 16.3. The molecule has 0 fully saturated rings. The Labute approximate surface area is 134 Å². The average Bonchev–Trinajstić information content (AvgIpc) is 2.91. The molecule has 0 saturated heterocycles. The van der Waals surface area contributed by atoms with Crippen molar-refractivity contribution in [2.45, 2.75) is 38.4 Å². The minimum Gasteiger partial charge on any atom is -0.365 e. The molecule has 0 radical (unpaired) electrons. The van der Waals surface area contributed by atoms with E-state index in [4.69, 9.17) is 10.3 Å². The van der Waals surface area contributed by atoms with Gasteiger partial charge in [-0.05, 0) is 31.4 Å². The van der Waals surface area contributed by atoms with Crippen LogP contribution < -0.4 is 11.3 Å². The van der Waals surface area contributed by atoms with Crippen molar-refractivity contribution in [3.63, 3.8) is 0 Å². The molecule has 1 aliphatic carbocycles. The van der Waals surface area contributed by atoms with E-state index in [1.807, 2.05) is 0 Å². The number of amides is 1. The Hall–Kier alpha value is -2.58. The van der Waals surface area contributed by atoms with E-state index >= 15 is 0 Å². The molecule has 2 aromatic rings. The van der Waals surface area contributed by atoms with Crippen LogP contribution >= 0.6 is 0 Å². The molecule has 9 heteroatoms. The molecule has 0 aliphatic heterocycles. The van der Waals surface area contributed by atoms with E-state index in [9.17, 15) is 22.8 Å². The molecule has 0 unspecified atom stereocenters. The van der Waals surface area contributed by atoms with E-state index < -0.39 is 35.4 Å². The van der Waals surface area contributed by atoms with Crippen LogP contribution in [0.1, 0.15) is 45.9 Å². The fourth-order valence-electron chi connectivity index (χ4n) is 2.89. The highest BCUT2D eigenvalue weighted by molar-refractivity contribution is 5.92. The van der Waals surface area contributed by atoms with Crippen LogP contribution in [0.5, 0.6) is 0 Å². The van der Waals surface area contributed by atoms with Gasteiger partial charge >= 0.3 is 6.18 Å². The number of primary amides is 1. The lowest BCUT2D eigenvalue weighted by Gasteiger charge is -2.16. The second kappa shape index (κ2) is 5.81. The van der Waals surface area contributed by atoms with Crippen molar-refractivity contribution >= 4 is 5.91 Å². The van der Waals surface area contributed by atoms with Gasteiger partial charge in [0.1, 0.15) is 22.7 Å². The lowest BCUT2D eigenvalue weighted by atomic mass is 9.96. The van der Waals surface area contributed by atoms with Crippen LogP contribution in [0.25, 0.3) is 0 Å². The molecule has 0 saturated carbocycles. The summed E-state index contributed by atoms with van der Waals surface area (Å²) >= 11 is 0. The van der Waals surface area contributed by atoms with Crippen molar-refractivity contribution in [1.82, 2.24) is 9.72 Å². The molecular formula is C15H14F3N3O3. The van der Waals surface area contributed by atoms with Gasteiger partial charge in [0, 0.05) is 12.0 Å². The van der Waals surface area contributed by atoms with Gasteiger partial charge in [-0.1, -0.05) is 5.16 Å². The monoisotopic (exact) mass is 341 g/mol. The van der Waals surface area contributed by atoms with Gasteiger partial charge in [0.05, 0.1) is 6.54 Å². The first-order valence-corrected chi connectivity index (χ1v) is 7.36. The van der Waals surface area contributed by atoms with E-state index in [0.717, 1.165) is 24.5 Å². The molecule has 1 aliphatic rings. The van der Waals surface area contributed by atoms with Crippen molar-refractivity contribution in [2.24, 2.45) is 5.73 Å². The fourth-order valence-corrected chi connectivity index (χ4v) is 2.89. The summed E-state index contributed by atoms with van der Waals surface area (Å²) in [6, 6.07) is 1.47. The number of alkyl halides is 3. The van der Waals surface area contributed by atoms with Gasteiger partial charge in [0.2, 0.25) is 0 Å². The van der Waals surface area contributed by atoms with Gasteiger partial charge in [0.25, 0.3) is 11.5 Å². The molecule has 1 amide bonds. The fraction of sp³-hybridized carbons (Fsp3) is 0.400. The number of rotatable bonds is 3. The Balaban J connectivity index is 2.12. The Morgan fingerprint density at radius 1 is 1.29 bits per heavy atom. The van der Waals surface area contributed by atoms with Crippen molar-refractivity contribution in [3.05, 3.63) is 50.8 Å². The zero-order valence-electron chi connectivity index (χ0n) is 12.5. The number of hydrogen-bond donors (Lipinski definition) is 1. The number of aryl methyl sites for hydroxylation is 1. The molecule has 0 atom stereocenters. The van der Waals surface area contributed by atoms with Crippen LogP contribution in [0.4, 0.5) is 13.2 Å². The van der Waals surface area contributed by atoms with Crippen LogP contribution in [-0.2, 0) is 25.6 Å². The smallest absolute Gasteiger partial charge is 0.365 e. The number of pyridine rings is 1. The number of carbonyl (C=O) groups excluding carboxylic acids is 1. The normalized spacial score (nSPS) is 14.5. The van der Waals surface area contributed by atoms with Gasteiger partial charge in [-0.15, -0.1) is 0 Å². The highest BCUT2D eigenvalue weighted by Gasteiger charge is 2.35. The first-order valence-electron chi connectivity index (χ1n) is 7.36. The molecule has 6 nitrogen and oxygen atoms in total. The van der Waals surface area contributed by atoms with Crippen molar-refractivity contribution in [2.75, 3.05) is 0 Å². The molecule has 0 aromatic carbocycles. The summed E-state index contributed by atoms with van der Waals surface area (Å²) < 4.78 is 45.3. The second-order valence-corrected chi connectivity index (χ2v) is 5.62. The predicted molar refractivity (Wildman–Crippen MR) is 76.5 cm³/mol. The van der Waals surface area contributed by atoms with Crippen molar-refractivity contribution in [1.29, 1.82) is 0 Å². The van der Waals surface area contributed by atoms with Gasteiger partial charge in [-0.3, -0.25) is 14.2 Å². The third kappa shape index (κ3) is 2.81. The van der Waals surface area contributed by atoms with Gasteiger partial charge < -0.3 is 10.3 Å².